The van der Waals surface area contributed by atoms with Crippen LogP contribution in [-0.4, -0.2) is 191 Å². The first kappa shape index (κ1) is 63.9. The minimum atomic E-state index is -3.85. The Labute approximate surface area is 441 Å². The average molecular weight is 1120 g/mol. The monoisotopic (exact) mass is 1120 g/mol. The highest BCUT2D eigenvalue weighted by Gasteiger charge is 2.29. The number of rotatable bonds is 19. The molecule has 0 unspecified atom stereocenters. The number of halogens is 4. The zero-order chi connectivity index (χ0) is 53.7. The predicted octanol–water partition coefficient (Wildman–Crippen LogP) is 6.82. The molecule has 0 aliphatic carbocycles. The lowest BCUT2D eigenvalue weighted by atomic mass is 10.2. The predicted molar refractivity (Wildman–Crippen MR) is 278 cm³/mol. The van der Waals surface area contributed by atoms with Crippen molar-refractivity contribution < 1.29 is 50.6 Å². The zero-order valence-corrected chi connectivity index (χ0v) is 46.9. The van der Waals surface area contributed by atoms with E-state index in [4.69, 9.17) is 66.7 Å². The molecule has 19 nitrogen and oxygen atoms in total. The molecule has 4 rings (SSSR count). The van der Waals surface area contributed by atoms with E-state index in [2.05, 4.69) is 15.1 Å². The number of carbonyl (C=O) groups excluding carboxylic acids is 3. The molecule has 2 fully saturated rings. The summed E-state index contributed by atoms with van der Waals surface area (Å²) in [5, 5.41) is 11.6. The van der Waals surface area contributed by atoms with Gasteiger partial charge in [-0.2, -0.15) is 0 Å². The highest BCUT2D eigenvalue weighted by molar-refractivity contribution is 7.89. The van der Waals surface area contributed by atoms with Gasteiger partial charge in [-0.25, -0.2) is 35.0 Å². The number of piperazine rings is 2. The normalized spacial score (nSPS) is 15.1. The van der Waals surface area contributed by atoms with Crippen molar-refractivity contribution in [2.75, 3.05) is 106 Å². The van der Waals surface area contributed by atoms with Gasteiger partial charge in [0.15, 0.2) is 0 Å². The number of ether oxygens (including phenoxy) is 2. The molecule has 0 spiro atoms. The lowest BCUT2D eigenvalue weighted by Gasteiger charge is -2.35. The second-order valence-electron chi connectivity index (χ2n) is 18.8. The number of nitrogens with zero attached hydrogens (tertiary/aromatic N) is 6. The molecule has 25 heteroatoms. The Hall–Kier alpha value is -3.22. The fourth-order valence-electron chi connectivity index (χ4n) is 6.67. The Morgan fingerprint density at radius 1 is 0.634 bits per heavy atom. The molecule has 404 valence electrons. The quantitative estimate of drug-likeness (QED) is 0.123. The molecule has 2 heterocycles. The van der Waals surface area contributed by atoms with Gasteiger partial charge < -0.3 is 35.4 Å². The summed E-state index contributed by atoms with van der Waals surface area (Å²) in [7, 11) is -4.99. The number of nitrogens with one attached hydrogen (secondary N) is 1. The van der Waals surface area contributed by atoms with Gasteiger partial charge in [0.2, 0.25) is 26.0 Å². The highest BCUT2D eigenvalue weighted by atomic mass is 35.5. The number of carboxylic acid groups (broad SMARTS) is 1. The maximum Gasteiger partial charge on any atom is 0.410 e. The van der Waals surface area contributed by atoms with Crippen LogP contribution in [-0.2, 0) is 39.1 Å². The van der Waals surface area contributed by atoms with Crippen LogP contribution in [0.2, 0.25) is 20.1 Å². The molecule has 0 saturated carbocycles. The van der Waals surface area contributed by atoms with Crippen molar-refractivity contribution in [2.45, 2.75) is 101 Å². The van der Waals surface area contributed by atoms with Crippen LogP contribution >= 0.6 is 46.4 Å². The van der Waals surface area contributed by atoms with E-state index in [1.54, 1.807) is 9.80 Å². The Morgan fingerprint density at radius 3 is 1.38 bits per heavy atom. The van der Waals surface area contributed by atoms with Crippen molar-refractivity contribution >= 4 is 90.5 Å². The van der Waals surface area contributed by atoms with Crippen molar-refractivity contribution in [1.82, 2.24) is 33.5 Å². The van der Waals surface area contributed by atoms with Crippen molar-refractivity contribution in [3.63, 3.8) is 0 Å². The smallest absolute Gasteiger partial charge is 0.410 e. The van der Waals surface area contributed by atoms with Gasteiger partial charge in [0.05, 0.1) is 26.5 Å². The maximum absolute atomic E-state index is 12.7. The molecule has 0 aromatic heterocycles. The van der Waals surface area contributed by atoms with Gasteiger partial charge >= 0.3 is 18.2 Å². The molecule has 2 aliphatic heterocycles. The number of carboxylic acids is 1. The van der Waals surface area contributed by atoms with Gasteiger partial charge in [0.25, 0.3) is 0 Å². The van der Waals surface area contributed by atoms with Crippen LogP contribution in [0, 0.1) is 0 Å². The molecule has 2 aliphatic rings. The van der Waals surface area contributed by atoms with Gasteiger partial charge in [-0.05, 0) is 111 Å². The number of sulfonamides is 2. The molecule has 3 amide bonds. The molecule has 4 N–H and O–H groups in total. The van der Waals surface area contributed by atoms with E-state index >= 15 is 0 Å². The summed E-state index contributed by atoms with van der Waals surface area (Å²) in [4.78, 5) is 54.6. The minimum Gasteiger partial charge on any atom is -0.481 e. The standard InChI is InChI=1S/C23H36Cl2N4O5S.C13H27N3O2.C10H11Cl2NO4S/c1-23(2,3)34-22(31)29-16-14-28(15-17-29)12-6-5-11-26-20(30)10-13-27(4)35(32,33)19-9-7-8-18(24)21(19)25;1-13(2,3)18-12(17)16-10-8-15(9-11-16)7-5-4-6-14;1-13(6-5-9(14)15)18(16,17)8-4-2-3-7(11)10(8)12/h7-9H,5-6,10-17H2,1-4H3,(H,26,30);4-11,14H2,1-3H3;2-4H,5-6H2,1H3,(H,14,15). The number of amides is 3. The average Bonchev–Trinajstić information content (AvgIpc) is 3.28. The van der Waals surface area contributed by atoms with Gasteiger partial charge in [-0.3, -0.25) is 19.4 Å². The Bertz CT molecular complexity index is 2250. The minimum absolute atomic E-state index is 0.0267. The van der Waals surface area contributed by atoms with E-state index in [0.717, 1.165) is 93.2 Å². The summed E-state index contributed by atoms with van der Waals surface area (Å²) < 4.78 is 62.4. The summed E-state index contributed by atoms with van der Waals surface area (Å²) in [6.45, 7) is 20.7. The van der Waals surface area contributed by atoms with E-state index in [0.29, 0.717) is 19.6 Å². The molecule has 2 aromatic carbocycles. The number of benzene rings is 2. The first-order valence-corrected chi connectivity index (χ1v) is 27.8. The van der Waals surface area contributed by atoms with Crippen LogP contribution in [0.3, 0.4) is 0 Å². The molecule has 71 heavy (non-hydrogen) atoms. The topological polar surface area (TPSA) is 233 Å². The maximum atomic E-state index is 12.7. The summed E-state index contributed by atoms with van der Waals surface area (Å²) in [6, 6.07) is 8.67. The van der Waals surface area contributed by atoms with Crippen LogP contribution in [0.5, 0.6) is 0 Å². The fraction of sp³-hybridized carbons (Fsp3) is 0.652. The van der Waals surface area contributed by atoms with E-state index in [1.807, 2.05) is 41.5 Å². The summed E-state index contributed by atoms with van der Waals surface area (Å²) in [6.07, 6.45) is 3.24. The largest absolute Gasteiger partial charge is 0.481 e. The number of nitrogens with two attached hydrogens (primary N) is 1. The van der Waals surface area contributed by atoms with Crippen LogP contribution in [0.1, 0.15) is 80.1 Å². The first-order valence-electron chi connectivity index (χ1n) is 23.4. The lowest BCUT2D eigenvalue weighted by Crippen LogP contribution is -2.50. The van der Waals surface area contributed by atoms with Gasteiger partial charge in [-0.15, -0.1) is 0 Å². The molecule has 2 saturated heterocycles. The van der Waals surface area contributed by atoms with Crippen LogP contribution in [0.15, 0.2) is 46.2 Å². The third kappa shape index (κ3) is 23.3. The van der Waals surface area contributed by atoms with Crippen LogP contribution < -0.4 is 11.1 Å². The SMILES string of the molecule is CC(C)(C)OC(=O)N1CCN(CCCCN)CC1.CN(CCC(=O)NCCCCN1CCN(C(=O)OC(C)(C)C)CC1)S(=O)(=O)c1cccc(Cl)c1Cl.CN(CCC(=O)O)S(=O)(=O)c1cccc(Cl)c1Cl. The molecule has 0 bridgehead atoms. The van der Waals surface area contributed by atoms with Crippen molar-refractivity contribution in [1.29, 1.82) is 0 Å². The van der Waals surface area contributed by atoms with E-state index < -0.39 is 37.2 Å². The van der Waals surface area contributed by atoms with E-state index in [1.165, 1.54) is 50.5 Å². The third-order valence-corrected chi connectivity index (χ3v) is 16.4. The molecule has 2 aromatic rings. The van der Waals surface area contributed by atoms with Crippen LogP contribution in [0.25, 0.3) is 0 Å². The molecule has 0 radical (unpaired) electrons. The second kappa shape index (κ2) is 30.2. The third-order valence-electron chi connectivity index (χ3n) is 10.7. The van der Waals surface area contributed by atoms with Crippen molar-refractivity contribution in [2.24, 2.45) is 5.73 Å². The van der Waals surface area contributed by atoms with Crippen LogP contribution in [0.4, 0.5) is 9.59 Å². The number of carbonyl (C=O) groups is 4. The van der Waals surface area contributed by atoms with Gasteiger partial charge in [0, 0.05) is 92.5 Å². The second-order valence-corrected chi connectivity index (χ2v) is 24.4. The fourth-order valence-corrected chi connectivity index (χ4v) is 10.5. The summed E-state index contributed by atoms with van der Waals surface area (Å²) >= 11 is 23.5. The van der Waals surface area contributed by atoms with E-state index in [9.17, 15) is 36.0 Å². The summed E-state index contributed by atoms with van der Waals surface area (Å²) in [5.74, 6) is -1.29. The van der Waals surface area contributed by atoms with Crippen molar-refractivity contribution in [3.05, 3.63) is 56.5 Å². The van der Waals surface area contributed by atoms with Gasteiger partial charge in [0.1, 0.15) is 21.0 Å². The molecular formula is C46H74Cl4N8O11S2. The Kier molecular flexibility index (Phi) is 27.2. The Morgan fingerprint density at radius 2 is 1.01 bits per heavy atom. The van der Waals surface area contributed by atoms with E-state index in [-0.39, 0.29) is 73.9 Å². The molecule has 0 atom stereocenters. The number of unbranched alkanes of at least 4 members (excludes halogenated alkanes) is 2. The lowest BCUT2D eigenvalue weighted by molar-refractivity contribution is -0.137. The van der Waals surface area contributed by atoms with Gasteiger partial charge in [-0.1, -0.05) is 58.5 Å². The zero-order valence-electron chi connectivity index (χ0n) is 42.2. The van der Waals surface area contributed by atoms with Crippen molar-refractivity contribution in [3.8, 4) is 0 Å². The number of hydrogen-bond donors (Lipinski definition) is 3. The highest BCUT2D eigenvalue weighted by Crippen LogP contribution is 2.32. The first-order chi connectivity index (χ1) is 33.0. The number of aliphatic carboxylic acids is 1. The summed E-state index contributed by atoms with van der Waals surface area (Å²) in [5.41, 5.74) is 4.58. The Balaban J connectivity index is 0.000000403. The number of hydrogen-bond acceptors (Lipinski definition) is 13. The molecular weight excluding hydrogens is 1050 g/mol.